The van der Waals surface area contributed by atoms with E-state index in [2.05, 4.69) is 26.0 Å². The van der Waals surface area contributed by atoms with Gasteiger partial charge in [-0.25, -0.2) is 14.1 Å². The molecular formula is C14H13BrClFN4. The number of nitrogens with zero attached hydrogens (tertiary/aromatic N) is 4. The molecule has 110 valence electrons. The van der Waals surface area contributed by atoms with Crippen LogP contribution in [-0.4, -0.2) is 19.3 Å². The summed E-state index contributed by atoms with van der Waals surface area (Å²) in [6, 6.07) is 3.23. The molecule has 0 unspecified atom stereocenters. The molecule has 2 aromatic heterocycles. The molecule has 21 heavy (non-hydrogen) atoms. The quantitative estimate of drug-likeness (QED) is 0.638. The average Bonchev–Trinajstić information content (AvgIpc) is 2.93. The van der Waals surface area contributed by atoms with Crippen LogP contribution >= 0.6 is 27.5 Å². The van der Waals surface area contributed by atoms with Gasteiger partial charge in [0.1, 0.15) is 17.2 Å². The van der Waals surface area contributed by atoms with Gasteiger partial charge in [0.2, 0.25) is 0 Å². The Kier molecular flexibility index (Phi) is 3.53. The number of alkyl halides is 1. The number of hydrogen-bond donors (Lipinski definition) is 0. The zero-order valence-corrected chi connectivity index (χ0v) is 14.1. The largest absolute Gasteiger partial charge is 0.280 e. The fourth-order valence-electron chi connectivity index (χ4n) is 2.54. The fraction of sp³-hybridized carbons (Fsp3) is 0.286. The minimum absolute atomic E-state index is 0.266. The fourth-order valence-corrected chi connectivity index (χ4v) is 3.05. The molecule has 0 aliphatic heterocycles. The monoisotopic (exact) mass is 370 g/mol. The zero-order valence-electron chi connectivity index (χ0n) is 11.8. The molecule has 3 rings (SSSR count). The van der Waals surface area contributed by atoms with Gasteiger partial charge in [-0.1, -0.05) is 0 Å². The second-order valence-corrected chi connectivity index (χ2v) is 6.05. The van der Waals surface area contributed by atoms with E-state index in [4.69, 9.17) is 11.6 Å². The Morgan fingerprint density at radius 1 is 1.33 bits per heavy atom. The van der Waals surface area contributed by atoms with E-state index in [1.165, 1.54) is 6.07 Å². The van der Waals surface area contributed by atoms with Crippen LogP contribution in [0.5, 0.6) is 0 Å². The summed E-state index contributed by atoms with van der Waals surface area (Å²) in [6.45, 7) is 3.77. The van der Waals surface area contributed by atoms with Crippen molar-refractivity contribution in [1.82, 2.24) is 19.3 Å². The highest BCUT2D eigenvalue weighted by Gasteiger charge is 2.20. The molecule has 0 aliphatic rings. The van der Waals surface area contributed by atoms with Crippen molar-refractivity contribution in [3.63, 3.8) is 0 Å². The van der Waals surface area contributed by atoms with Crippen LogP contribution in [0.2, 0.25) is 0 Å². The summed E-state index contributed by atoms with van der Waals surface area (Å²) in [5.41, 5.74) is 4.15. The van der Waals surface area contributed by atoms with Gasteiger partial charge in [-0.2, -0.15) is 5.10 Å². The second kappa shape index (κ2) is 5.10. The Labute approximate surface area is 134 Å². The first-order chi connectivity index (χ1) is 9.93. The van der Waals surface area contributed by atoms with E-state index < -0.39 is 0 Å². The lowest BCUT2D eigenvalue weighted by Gasteiger charge is -2.12. The van der Waals surface area contributed by atoms with E-state index >= 15 is 0 Å². The predicted molar refractivity (Wildman–Crippen MR) is 84.5 cm³/mol. The van der Waals surface area contributed by atoms with Crippen LogP contribution in [0.25, 0.3) is 16.9 Å². The third-order valence-electron chi connectivity index (χ3n) is 3.47. The maximum absolute atomic E-state index is 13.7. The molecule has 1 aromatic carbocycles. The van der Waals surface area contributed by atoms with Gasteiger partial charge in [0.05, 0.1) is 21.7 Å². The Morgan fingerprint density at radius 2 is 2.05 bits per heavy atom. The third-order valence-corrected chi connectivity index (χ3v) is 4.32. The minimum Gasteiger partial charge on any atom is -0.280 e. The number of hydrogen-bond acceptors (Lipinski definition) is 2. The van der Waals surface area contributed by atoms with Crippen LogP contribution in [0, 0.1) is 19.7 Å². The van der Waals surface area contributed by atoms with Crippen molar-refractivity contribution in [1.29, 1.82) is 0 Å². The smallest absolute Gasteiger partial charge is 0.163 e. The van der Waals surface area contributed by atoms with E-state index in [1.54, 1.807) is 10.7 Å². The Bertz CT molecular complexity index is 853. The van der Waals surface area contributed by atoms with E-state index in [-0.39, 0.29) is 11.7 Å². The normalized spacial score (nSPS) is 11.5. The van der Waals surface area contributed by atoms with Crippen LogP contribution < -0.4 is 0 Å². The van der Waals surface area contributed by atoms with Gasteiger partial charge in [0.25, 0.3) is 0 Å². The minimum atomic E-state index is -0.291. The molecule has 0 bridgehead atoms. The molecule has 2 heterocycles. The summed E-state index contributed by atoms with van der Waals surface area (Å²) in [5, 5.41) is 4.39. The average molecular weight is 372 g/mol. The highest BCUT2D eigenvalue weighted by molar-refractivity contribution is 9.10. The lowest BCUT2D eigenvalue weighted by molar-refractivity contribution is 0.619. The number of halogens is 3. The zero-order chi connectivity index (χ0) is 15.3. The molecule has 3 aromatic rings. The van der Waals surface area contributed by atoms with Gasteiger partial charge in [0, 0.05) is 7.05 Å². The van der Waals surface area contributed by atoms with Crippen molar-refractivity contribution in [3.8, 4) is 5.69 Å². The predicted octanol–water partition coefficient (Wildman–Crippen LogP) is 4.02. The molecule has 0 spiro atoms. The topological polar surface area (TPSA) is 35.6 Å². The first-order valence-electron chi connectivity index (χ1n) is 6.37. The number of fused-ring (bicyclic) bond motifs is 1. The van der Waals surface area contributed by atoms with Crippen molar-refractivity contribution in [2.24, 2.45) is 7.05 Å². The van der Waals surface area contributed by atoms with Gasteiger partial charge in [-0.15, -0.1) is 11.6 Å². The van der Waals surface area contributed by atoms with Gasteiger partial charge in [-0.05, 0) is 47.5 Å². The van der Waals surface area contributed by atoms with Gasteiger partial charge < -0.3 is 0 Å². The van der Waals surface area contributed by atoms with Gasteiger partial charge in [-0.3, -0.25) is 4.57 Å². The maximum Gasteiger partial charge on any atom is 0.163 e. The molecule has 0 saturated carbocycles. The van der Waals surface area contributed by atoms with Crippen molar-refractivity contribution in [2.45, 2.75) is 19.7 Å². The van der Waals surface area contributed by atoms with E-state index in [0.717, 1.165) is 28.1 Å². The van der Waals surface area contributed by atoms with E-state index in [0.29, 0.717) is 10.3 Å². The molecule has 0 amide bonds. The molecule has 7 heteroatoms. The summed E-state index contributed by atoms with van der Waals surface area (Å²) >= 11 is 9.28. The van der Waals surface area contributed by atoms with E-state index in [1.807, 2.05) is 25.5 Å². The number of aryl methyl sites for hydroxylation is 3. The summed E-state index contributed by atoms with van der Waals surface area (Å²) in [4.78, 5) is 4.56. The Balaban J connectivity index is 2.41. The van der Waals surface area contributed by atoms with Crippen molar-refractivity contribution in [3.05, 3.63) is 39.5 Å². The van der Waals surface area contributed by atoms with Gasteiger partial charge in [0.15, 0.2) is 5.65 Å². The molecule has 0 N–H and O–H groups in total. The molecule has 0 radical (unpaired) electrons. The van der Waals surface area contributed by atoms with Crippen molar-refractivity contribution in [2.75, 3.05) is 0 Å². The molecule has 0 atom stereocenters. The van der Waals surface area contributed by atoms with Crippen LogP contribution in [0.1, 0.15) is 17.1 Å². The van der Waals surface area contributed by atoms with Crippen LogP contribution in [0.15, 0.2) is 16.6 Å². The lowest BCUT2D eigenvalue weighted by atomic mass is 10.2. The molecule has 4 nitrogen and oxygen atoms in total. The Morgan fingerprint density at radius 3 is 2.71 bits per heavy atom. The number of rotatable bonds is 2. The van der Waals surface area contributed by atoms with Crippen LogP contribution in [-0.2, 0) is 12.9 Å². The summed E-state index contributed by atoms with van der Waals surface area (Å²) in [7, 11) is 1.86. The molecule has 0 aliphatic carbocycles. The standard InChI is InChI=1S/C14H13BrClFN4/c1-7-4-10(17)9(15)5-11(7)21-12(6-16)18-13-8(2)19-20(3)14(13)21/h4-5H,6H2,1-3H3. The van der Waals surface area contributed by atoms with Gasteiger partial charge >= 0.3 is 0 Å². The van der Waals surface area contributed by atoms with E-state index in [9.17, 15) is 4.39 Å². The van der Waals surface area contributed by atoms with Crippen LogP contribution in [0.3, 0.4) is 0 Å². The van der Waals surface area contributed by atoms with Crippen molar-refractivity contribution >= 4 is 38.7 Å². The molecule has 0 saturated heterocycles. The molecular weight excluding hydrogens is 359 g/mol. The number of aromatic nitrogens is 4. The maximum atomic E-state index is 13.7. The second-order valence-electron chi connectivity index (χ2n) is 4.93. The van der Waals surface area contributed by atoms with Crippen molar-refractivity contribution < 1.29 is 4.39 Å². The first kappa shape index (κ1) is 14.5. The summed E-state index contributed by atoms with van der Waals surface area (Å²) < 4.78 is 17.8. The summed E-state index contributed by atoms with van der Waals surface area (Å²) in [6.07, 6.45) is 0. The summed E-state index contributed by atoms with van der Waals surface area (Å²) in [5.74, 6) is 0.688. The first-order valence-corrected chi connectivity index (χ1v) is 7.69. The SMILES string of the molecule is Cc1cc(F)c(Br)cc1-n1c(CCl)nc2c(C)nn(C)c21. The highest BCUT2D eigenvalue weighted by Crippen LogP contribution is 2.29. The van der Waals surface area contributed by atoms with Crippen LogP contribution in [0.4, 0.5) is 4.39 Å². The highest BCUT2D eigenvalue weighted by atomic mass is 79.9. The Hall–Kier alpha value is -1.40. The number of benzene rings is 1. The molecule has 0 fully saturated rings. The number of imidazole rings is 1. The third kappa shape index (κ3) is 2.17. The lowest BCUT2D eigenvalue weighted by Crippen LogP contribution is -2.06.